The summed E-state index contributed by atoms with van der Waals surface area (Å²) < 4.78 is 14.6. The zero-order chi connectivity index (χ0) is 13.8. The van der Waals surface area contributed by atoms with Gasteiger partial charge in [-0.1, -0.05) is 0 Å². The van der Waals surface area contributed by atoms with E-state index in [0.29, 0.717) is 5.56 Å². The van der Waals surface area contributed by atoms with Crippen molar-refractivity contribution < 1.29 is 9.18 Å². The van der Waals surface area contributed by atoms with Crippen LogP contribution in [0.5, 0.6) is 0 Å². The summed E-state index contributed by atoms with van der Waals surface area (Å²) in [5.41, 5.74) is 2.73. The summed E-state index contributed by atoms with van der Waals surface area (Å²) in [4.78, 5) is 12.5. The van der Waals surface area contributed by atoms with Gasteiger partial charge in [-0.2, -0.15) is 5.10 Å². The SMILES string of the molecule is O=C(NN=Cc1cc(Br)c(Br)s1)c1ccc(F)cc1. The first kappa shape index (κ1) is 14.4. The zero-order valence-electron chi connectivity index (χ0n) is 9.36. The molecular formula is C12H7Br2FN2OS. The van der Waals surface area contributed by atoms with E-state index in [4.69, 9.17) is 0 Å². The van der Waals surface area contributed by atoms with Crippen LogP contribution in [0.25, 0.3) is 0 Å². The lowest BCUT2D eigenvalue weighted by Crippen LogP contribution is -2.17. The van der Waals surface area contributed by atoms with Gasteiger partial charge in [0.15, 0.2) is 0 Å². The van der Waals surface area contributed by atoms with Crippen LogP contribution in [-0.4, -0.2) is 12.1 Å². The third-order valence-electron chi connectivity index (χ3n) is 2.13. The molecule has 0 spiro atoms. The van der Waals surface area contributed by atoms with Crippen LogP contribution < -0.4 is 5.43 Å². The van der Waals surface area contributed by atoms with Gasteiger partial charge in [0.1, 0.15) is 5.82 Å². The Hall–Kier alpha value is -1.05. The minimum Gasteiger partial charge on any atom is -0.267 e. The fraction of sp³-hybridized carbons (Fsp3) is 0. The van der Waals surface area contributed by atoms with E-state index in [2.05, 4.69) is 42.4 Å². The molecule has 2 rings (SSSR count). The number of benzene rings is 1. The van der Waals surface area contributed by atoms with Crippen molar-refractivity contribution in [1.29, 1.82) is 0 Å². The summed E-state index contributed by atoms with van der Waals surface area (Å²) in [6.07, 6.45) is 1.54. The number of hydrogen-bond acceptors (Lipinski definition) is 3. The van der Waals surface area contributed by atoms with Crippen LogP contribution in [0.3, 0.4) is 0 Å². The van der Waals surface area contributed by atoms with Gasteiger partial charge >= 0.3 is 0 Å². The highest BCUT2D eigenvalue weighted by Crippen LogP contribution is 2.31. The Labute approximate surface area is 129 Å². The molecule has 0 fully saturated rings. The largest absolute Gasteiger partial charge is 0.271 e. The van der Waals surface area contributed by atoms with Crippen LogP contribution in [0.2, 0.25) is 0 Å². The Kier molecular flexibility index (Phi) is 4.84. The lowest BCUT2D eigenvalue weighted by atomic mass is 10.2. The van der Waals surface area contributed by atoms with E-state index < -0.39 is 0 Å². The number of carbonyl (C=O) groups is 1. The molecule has 1 amide bonds. The number of thiophene rings is 1. The fourth-order valence-electron chi connectivity index (χ4n) is 1.25. The Bertz CT molecular complexity index is 606. The molecule has 0 aliphatic carbocycles. The van der Waals surface area contributed by atoms with Crippen LogP contribution >= 0.6 is 43.2 Å². The van der Waals surface area contributed by atoms with Crippen molar-refractivity contribution in [2.75, 3.05) is 0 Å². The molecule has 19 heavy (non-hydrogen) atoms. The van der Waals surface area contributed by atoms with E-state index in [1.165, 1.54) is 35.6 Å². The van der Waals surface area contributed by atoms with E-state index in [1.54, 1.807) is 6.21 Å². The topological polar surface area (TPSA) is 41.5 Å². The molecule has 1 N–H and O–H groups in total. The fourth-order valence-corrected chi connectivity index (χ4v) is 3.21. The molecule has 0 saturated heterocycles. The maximum absolute atomic E-state index is 12.7. The molecule has 0 aliphatic rings. The van der Waals surface area contributed by atoms with Gasteiger partial charge in [-0.05, 0) is 62.2 Å². The number of halogens is 3. The van der Waals surface area contributed by atoms with Gasteiger partial charge < -0.3 is 0 Å². The lowest BCUT2D eigenvalue weighted by molar-refractivity contribution is 0.0955. The van der Waals surface area contributed by atoms with E-state index in [0.717, 1.165) is 13.1 Å². The summed E-state index contributed by atoms with van der Waals surface area (Å²) in [7, 11) is 0. The number of nitrogens with zero attached hydrogens (tertiary/aromatic N) is 1. The highest BCUT2D eigenvalue weighted by molar-refractivity contribution is 9.13. The summed E-state index contributed by atoms with van der Waals surface area (Å²) >= 11 is 8.21. The summed E-state index contributed by atoms with van der Waals surface area (Å²) in [6, 6.07) is 7.14. The summed E-state index contributed by atoms with van der Waals surface area (Å²) in [5, 5.41) is 3.85. The molecule has 0 unspecified atom stereocenters. The smallest absolute Gasteiger partial charge is 0.267 e. The number of hydrazone groups is 1. The van der Waals surface area contributed by atoms with Crippen molar-refractivity contribution in [2.24, 2.45) is 5.10 Å². The molecule has 2 aromatic rings. The normalized spacial score (nSPS) is 10.9. The van der Waals surface area contributed by atoms with Crippen molar-refractivity contribution in [1.82, 2.24) is 5.43 Å². The number of nitrogens with one attached hydrogen (secondary N) is 1. The predicted octanol–water partition coefficient (Wildman–Crippen LogP) is 4.18. The van der Waals surface area contributed by atoms with Crippen molar-refractivity contribution in [3.63, 3.8) is 0 Å². The second-order valence-electron chi connectivity index (χ2n) is 3.48. The summed E-state index contributed by atoms with van der Waals surface area (Å²) in [5.74, 6) is -0.765. The van der Waals surface area contributed by atoms with Gasteiger partial charge in [-0.25, -0.2) is 9.82 Å². The van der Waals surface area contributed by atoms with E-state index in [1.807, 2.05) is 6.07 Å². The highest BCUT2D eigenvalue weighted by atomic mass is 79.9. The third-order valence-corrected chi connectivity index (χ3v) is 5.32. The van der Waals surface area contributed by atoms with Gasteiger partial charge in [0.25, 0.3) is 5.91 Å². The Balaban J connectivity index is 1.98. The average molecular weight is 406 g/mol. The van der Waals surface area contributed by atoms with Gasteiger partial charge in [0, 0.05) is 14.9 Å². The highest BCUT2D eigenvalue weighted by Gasteiger charge is 2.04. The molecule has 0 bridgehead atoms. The summed E-state index contributed by atoms with van der Waals surface area (Å²) in [6.45, 7) is 0. The minimum absolute atomic E-state index is 0.354. The number of rotatable bonds is 3. The van der Waals surface area contributed by atoms with Crippen molar-refractivity contribution in [3.05, 3.63) is 54.8 Å². The standard InChI is InChI=1S/C12H7Br2FN2OS/c13-10-5-9(19-11(10)14)6-16-17-12(18)7-1-3-8(15)4-2-7/h1-6H,(H,17,18). The van der Waals surface area contributed by atoms with Crippen LogP contribution in [0.1, 0.15) is 15.2 Å². The first-order chi connectivity index (χ1) is 9.06. The molecule has 1 aromatic carbocycles. The van der Waals surface area contributed by atoms with Crippen LogP contribution in [0, 0.1) is 5.82 Å². The predicted molar refractivity (Wildman–Crippen MR) is 81.2 cm³/mol. The lowest BCUT2D eigenvalue weighted by Gasteiger charge is -1.98. The second-order valence-corrected chi connectivity index (χ2v) is 6.73. The third kappa shape index (κ3) is 3.95. The zero-order valence-corrected chi connectivity index (χ0v) is 13.4. The molecule has 0 radical (unpaired) electrons. The van der Waals surface area contributed by atoms with Crippen LogP contribution in [0.4, 0.5) is 4.39 Å². The first-order valence-electron chi connectivity index (χ1n) is 5.10. The minimum atomic E-state index is -0.383. The molecule has 0 atom stereocenters. The maximum atomic E-state index is 12.7. The first-order valence-corrected chi connectivity index (χ1v) is 7.50. The van der Waals surface area contributed by atoms with Gasteiger partial charge in [-0.15, -0.1) is 11.3 Å². The Morgan fingerprint density at radius 1 is 1.32 bits per heavy atom. The van der Waals surface area contributed by atoms with E-state index in [9.17, 15) is 9.18 Å². The molecule has 3 nitrogen and oxygen atoms in total. The molecule has 1 heterocycles. The van der Waals surface area contributed by atoms with Gasteiger partial charge in [-0.3, -0.25) is 4.79 Å². The van der Waals surface area contributed by atoms with Crippen LogP contribution in [-0.2, 0) is 0 Å². The molecule has 1 aromatic heterocycles. The molecular weight excluding hydrogens is 399 g/mol. The Morgan fingerprint density at radius 3 is 2.58 bits per heavy atom. The van der Waals surface area contributed by atoms with Crippen LogP contribution in [0.15, 0.2) is 43.7 Å². The number of amides is 1. The molecule has 0 aliphatic heterocycles. The van der Waals surface area contributed by atoms with Crippen molar-refractivity contribution >= 4 is 55.3 Å². The molecule has 0 saturated carbocycles. The molecule has 98 valence electrons. The van der Waals surface area contributed by atoms with Gasteiger partial charge in [0.05, 0.1) is 10.0 Å². The van der Waals surface area contributed by atoms with Crippen molar-refractivity contribution in [2.45, 2.75) is 0 Å². The monoisotopic (exact) mass is 404 g/mol. The second kappa shape index (κ2) is 6.40. The van der Waals surface area contributed by atoms with Gasteiger partial charge in [0.2, 0.25) is 0 Å². The van der Waals surface area contributed by atoms with E-state index in [-0.39, 0.29) is 11.7 Å². The average Bonchev–Trinajstić information content (AvgIpc) is 2.69. The molecule has 7 heteroatoms. The quantitative estimate of drug-likeness (QED) is 0.604. The maximum Gasteiger partial charge on any atom is 0.271 e. The Morgan fingerprint density at radius 2 is 2.00 bits per heavy atom. The van der Waals surface area contributed by atoms with E-state index >= 15 is 0 Å². The van der Waals surface area contributed by atoms with Crippen molar-refractivity contribution in [3.8, 4) is 0 Å². The number of hydrogen-bond donors (Lipinski definition) is 1. The number of carbonyl (C=O) groups excluding carboxylic acids is 1.